The topological polar surface area (TPSA) is 147 Å². The van der Waals surface area contributed by atoms with Gasteiger partial charge in [-0.2, -0.15) is 0 Å². The van der Waals surface area contributed by atoms with Crippen LogP contribution < -0.4 is 27.1 Å². The number of carbonyl (C=O) groups is 2. The van der Waals surface area contributed by atoms with E-state index in [0.29, 0.717) is 48.0 Å². The maximum absolute atomic E-state index is 13.4. The molecular weight excluding hydrogens is 532 g/mol. The fraction of sp³-hybridized carbons (Fsp3) is 0.323. The van der Waals surface area contributed by atoms with Crippen molar-refractivity contribution in [3.8, 4) is 11.3 Å². The van der Waals surface area contributed by atoms with Gasteiger partial charge in [0.2, 0.25) is 5.43 Å². The highest BCUT2D eigenvalue weighted by Gasteiger charge is 2.23. The molecule has 0 atom stereocenters. The first kappa shape index (κ1) is 28.7. The summed E-state index contributed by atoms with van der Waals surface area (Å²) in [6, 6.07) is 14.1. The van der Waals surface area contributed by atoms with E-state index in [1.165, 1.54) is 0 Å². The second-order valence-electron chi connectivity index (χ2n) is 10.6. The first-order chi connectivity index (χ1) is 20.3. The molecule has 42 heavy (non-hydrogen) atoms. The minimum atomic E-state index is -0.447. The zero-order valence-electron chi connectivity index (χ0n) is 23.9. The summed E-state index contributed by atoms with van der Waals surface area (Å²) in [4.78, 5) is 50.0. The van der Waals surface area contributed by atoms with E-state index >= 15 is 0 Å². The lowest BCUT2D eigenvalue weighted by atomic mass is 9.97. The monoisotopic (exact) mass is 568 g/mol. The van der Waals surface area contributed by atoms with Crippen molar-refractivity contribution < 1.29 is 9.59 Å². The number of nitrogens with zero attached hydrogens (tertiary/aromatic N) is 4. The van der Waals surface area contributed by atoms with Crippen LogP contribution >= 0.6 is 0 Å². The largest absolute Gasteiger partial charge is 0.384 e. The molecule has 0 bridgehead atoms. The average molecular weight is 569 g/mol. The first-order valence-electron chi connectivity index (χ1n) is 14.2. The molecule has 5 N–H and O–H groups in total. The Morgan fingerprint density at radius 1 is 1.05 bits per heavy atom. The molecule has 4 heterocycles. The summed E-state index contributed by atoms with van der Waals surface area (Å²) in [5.41, 5.74) is 9.32. The number of hydrogen-bond donors (Lipinski definition) is 4. The first-order valence-corrected chi connectivity index (χ1v) is 14.2. The van der Waals surface area contributed by atoms with E-state index in [-0.39, 0.29) is 17.4 Å². The van der Waals surface area contributed by atoms with Crippen LogP contribution in [0, 0.1) is 5.92 Å². The molecule has 3 amide bonds. The summed E-state index contributed by atoms with van der Waals surface area (Å²) in [6.07, 6.45) is 5.39. The molecule has 0 spiro atoms. The summed E-state index contributed by atoms with van der Waals surface area (Å²) < 4.78 is 1.70. The number of hydrogen-bond acceptors (Lipinski definition) is 7. The van der Waals surface area contributed by atoms with Gasteiger partial charge in [-0.15, -0.1) is 0 Å². The molecule has 3 aromatic heterocycles. The summed E-state index contributed by atoms with van der Waals surface area (Å²) in [7, 11) is 2.09. The molecule has 0 saturated carbocycles. The Hall–Kier alpha value is -4.77. The Balaban J connectivity index is 1.31. The quantitative estimate of drug-likeness (QED) is 0.255. The van der Waals surface area contributed by atoms with Crippen LogP contribution in [0.2, 0.25) is 0 Å². The number of urea groups is 1. The second kappa shape index (κ2) is 12.8. The van der Waals surface area contributed by atoms with Crippen molar-refractivity contribution in [2.24, 2.45) is 5.92 Å². The number of rotatable bonds is 8. The lowest BCUT2D eigenvalue weighted by molar-refractivity contribution is 0.0938. The second-order valence-corrected chi connectivity index (χ2v) is 10.6. The molecule has 5 rings (SSSR count). The maximum Gasteiger partial charge on any atom is 0.319 e. The van der Waals surface area contributed by atoms with Gasteiger partial charge in [-0.1, -0.05) is 18.2 Å². The average Bonchev–Trinajstić information content (AvgIpc) is 3.01. The number of benzene rings is 1. The van der Waals surface area contributed by atoms with Crippen molar-refractivity contribution in [1.29, 1.82) is 0 Å². The Labute approximate surface area is 244 Å². The number of aromatic nitrogens is 3. The van der Waals surface area contributed by atoms with E-state index in [4.69, 9.17) is 10.7 Å². The van der Waals surface area contributed by atoms with Gasteiger partial charge < -0.3 is 31.2 Å². The molecule has 11 nitrogen and oxygen atoms in total. The fourth-order valence-electron chi connectivity index (χ4n) is 5.21. The van der Waals surface area contributed by atoms with Crippen LogP contribution in [0.15, 0.2) is 65.7 Å². The maximum atomic E-state index is 13.4. The minimum Gasteiger partial charge on any atom is -0.384 e. The van der Waals surface area contributed by atoms with Gasteiger partial charge in [-0.25, -0.2) is 9.78 Å². The summed E-state index contributed by atoms with van der Waals surface area (Å²) >= 11 is 0. The number of piperidine rings is 1. The number of nitrogens with two attached hydrogens (primary N) is 1. The van der Waals surface area contributed by atoms with Gasteiger partial charge in [-0.3, -0.25) is 14.6 Å². The van der Waals surface area contributed by atoms with E-state index in [1.807, 2.05) is 31.2 Å². The van der Waals surface area contributed by atoms with Crippen LogP contribution in [0.3, 0.4) is 0 Å². The number of pyridine rings is 3. The van der Waals surface area contributed by atoms with E-state index in [2.05, 4.69) is 32.9 Å². The lowest BCUT2D eigenvalue weighted by Gasteiger charge is -2.29. The number of anilines is 2. The number of nitrogen functional groups attached to an aromatic ring is 1. The standard InChI is InChI=1S/C31H36N8O3/c1-3-39-28(32)26(30(41)34-18-20-12-15-38(2)16-13-20)27(40)24-10-11-25(37-29(24)39)22-6-8-23(9-7-22)36-31(42)35-19-21-5-4-14-33-17-21/h4-11,14,17,20H,3,12-13,15-16,18-19,32H2,1-2H3,(H,34,41)(H2,35,36,42). The third-order valence-electron chi connectivity index (χ3n) is 7.70. The molecule has 0 unspecified atom stereocenters. The van der Waals surface area contributed by atoms with Gasteiger partial charge >= 0.3 is 6.03 Å². The predicted octanol–water partition coefficient (Wildman–Crippen LogP) is 3.45. The Morgan fingerprint density at radius 2 is 1.81 bits per heavy atom. The molecule has 0 aliphatic carbocycles. The smallest absolute Gasteiger partial charge is 0.319 e. The lowest BCUT2D eigenvalue weighted by Crippen LogP contribution is -2.38. The molecule has 218 valence electrons. The number of amides is 3. The molecule has 1 aromatic carbocycles. The van der Waals surface area contributed by atoms with Crippen molar-refractivity contribution in [3.63, 3.8) is 0 Å². The zero-order valence-corrected chi connectivity index (χ0v) is 23.9. The van der Waals surface area contributed by atoms with E-state index < -0.39 is 11.3 Å². The third-order valence-corrected chi connectivity index (χ3v) is 7.70. The summed E-state index contributed by atoms with van der Waals surface area (Å²) in [5.74, 6) is 0.0433. The molecular formula is C31H36N8O3. The summed E-state index contributed by atoms with van der Waals surface area (Å²) in [5, 5.41) is 8.89. The highest BCUT2D eigenvalue weighted by Crippen LogP contribution is 2.24. The Kier molecular flexibility index (Phi) is 8.77. The molecule has 1 fully saturated rings. The van der Waals surface area contributed by atoms with Gasteiger partial charge in [0.1, 0.15) is 17.0 Å². The Bertz CT molecular complexity index is 1630. The van der Waals surface area contributed by atoms with Gasteiger partial charge in [0, 0.05) is 43.3 Å². The highest BCUT2D eigenvalue weighted by molar-refractivity contribution is 6.01. The molecule has 0 radical (unpaired) electrons. The van der Waals surface area contributed by atoms with Crippen molar-refractivity contribution in [2.75, 3.05) is 37.7 Å². The SMILES string of the molecule is CCn1c(N)c(C(=O)NCC2CCN(C)CC2)c(=O)c2ccc(-c3ccc(NC(=O)NCc4cccnc4)cc3)nc21. The number of nitrogens with one attached hydrogen (secondary N) is 3. The van der Waals surface area contributed by atoms with Gasteiger partial charge in [0.05, 0.1) is 11.1 Å². The van der Waals surface area contributed by atoms with Crippen molar-refractivity contribution in [3.05, 3.63) is 82.3 Å². The highest BCUT2D eigenvalue weighted by atomic mass is 16.2. The van der Waals surface area contributed by atoms with Gasteiger partial charge in [0.15, 0.2) is 0 Å². The van der Waals surface area contributed by atoms with Gasteiger partial charge in [-0.05, 0) is 81.7 Å². The van der Waals surface area contributed by atoms with Crippen LogP contribution in [0.4, 0.5) is 16.3 Å². The number of likely N-dealkylation sites (tertiary alicyclic amines) is 1. The van der Waals surface area contributed by atoms with Crippen molar-refractivity contribution in [1.82, 2.24) is 30.1 Å². The normalized spacial score (nSPS) is 14.0. The van der Waals surface area contributed by atoms with E-state index in [0.717, 1.165) is 37.1 Å². The Morgan fingerprint density at radius 3 is 2.50 bits per heavy atom. The van der Waals surface area contributed by atoms with Crippen LogP contribution in [0.5, 0.6) is 0 Å². The van der Waals surface area contributed by atoms with Crippen LogP contribution in [-0.2, 0) is 13.1 Å². The van der Waals surface area contributed by atoms with Gasteiger partial charge in [0.25, 0.3) is 5.91 Å². The molecule has 1 aliphatic heterocycles. The van der Waals surface area contributed by atoms with E-state index in [9.17, 15) is 14.4 Å². The molecule has 1 aliphatic rings. The molecule has 11 heteroatoms. The van der Waals surface area contributed by atoms with Crippen molar-refractivity contribution in [2.45, 2.75) is 32.9 Å². The van der Waals surface area contributed by atoms with Crippen LogP contribution in [0.25, 0.3) is 22.3 Å². The number of fused-ring (bicyclic) bond motifs is 1. The number of aryl methyl sites for hydroxylation is 1. The van der Waals surface area contributed by atoms with Crippen molar-refractivity contribution >= 4 is 34.5 Å². The molecule has 1 saturated heterocycles. The summed E-state index contributed by atoms with van der Waals surface area (Å²) in [6.45, 7) is 5.21. The van der Waals surface area contributed by atoms with E-state index in [1.54, 1.807) is 41.2 Å². The predicted molar refractivity (Wildman–Crippen MR) is 164 cm³/mol. The minimum absolute atomic E-state index is 0.0379. The van der Waals surface area contributed by atoms with Crippen LogP contribution in [-0.4, -0.2) is 58.1 Å². The molecule has 4 aromatic rings. The fourth-order valence-corrected chi connectivity index (χ4v) is 5.21. The van der Waals surface area contributed by atoms with Crippen LogP contribution in [0.1, 0.15) is 35.7 Å². The third kappa shape index (κ3) is 6.41. The zero-order chi connectivity index (χ0) is 29.6. The number of carbonyl (C=O) groups excluding carboxylic acids is 2.